The fourth-order valence-corrected chi connectivity index (χ4v) is 4.14. The quantitative estimate of drug-likeness (QED) is 0.556. The lowest BCUT2D eigenvalue weighted by Gasteiger charge is -2.22. The molecule has 0 saturated carbocycles. The van der Waals surface area contributed by atoms with Crippen LogP contribution in [0.25, 0.3) is 0 Å². The van der Waals surface area contributed by atoms with Gasteiger partial charge < -0.3 is 19.9 Å². The van der Waals surface area contributed by atoms with Gasteiger partial charge in [0.15, 0.2) is 5.96 Å². The number of rotatable bonds is 7. The number of carbonyl (C=O) groups is 1. The molecule has 0 aliphatic carbocycles. The summed E-state index contributed by atoms with van der Waals surface area (Å²) < 4.78 is 5.34. The van der Waals surface area contributed by atoms with Crippen LogP contribution >= 0.6 is 11.3 Å². The van der Waals surface area contributed by atoms with Gasteiger partial charge >= 0.3 is 0 Å². The molecule has 0 spiro atoms. The second-order valence-electron chi connectivity index (χ2n) is 7.01. The van der Waals surface area contributed by atoms with Gasteiger partial charge in [0.1, 0.15) is 17.7 Å². The third-order valence-corrected chi connectivity index (χ3v) is 5.97. The largest absolute Gasteiger partial charge is 0.375 e. The summed E-state index contributed by atoms with van der Waals surface area (Å²) in [7, 11) is 3.64. The molecule has 7 nitrogen and oxygen atoms in total. The van der Waals surface area contributed by atoms with Crippen molar-refractivity contribution in [1.82, 2.24) is 15.2 Å². The van der Waals surface area contributed by atoms with Gasteiger partial charge in [-0.25, -0.2) is 9.98 Å². The number of hydrogen-bond donors (Lipinski definition) is 1. The molecule has 2 aromatic rings. The molecule has 1 N–H and O–H groups in total. The molecular formula is C21H29N5O2S. The smallest absolute Gasteiger partial charge is 0.248 e. The molecule has 1 amide bonds. The molecule has 1 aromatic heterocycles. The molecule has 8 heteroatoms. The Labute approximate surface area is 176 Å². The van der Waals surface area contributed by atoms with Gasteiger partial charge in [-0.05, 0) is 31.9 Å². The Kier molecular flexibility index (Phi) is 7.22. The number of nitrogens with zero attached hydrogens (tertiary/aromatic N) is 4. The van der Waals surface area contributed by atoms with Crippen molar-refractivity contribution in [1.29, 1.82) is 0 Å². The minimum absolute atomic E-state index is 0.0121. The molecule has 3 rings (SSSR count). The monoisotopic (exact) mass is 415 g/mol. The number of thiazole rings is 1. The van der Waals surface area contributed by atoms with Crippen LogP contribution in [0.4, 0.5) is 5.69 Å². The Morgan fingerprint density at radius 3 is 3.00 bits per heavy atom. The van der Waals surface area contributed by atoms with Crippen molar-refractivity contribution in [2.24, 2.45) is 4.99 Å². The van der Waals surface area contributed by atoms with E-state index >= 15 is 0 Å². The van der Waals surface area contributed by atoms with Crippen LogP contribution < -0.4 is 10.2 Å². The van der Waals surface area contributed by atoms with Crippen LogP contribution in [0.1, 0.15) is 36.2 Å². The average Bonchev–Trinajstić information content (AvgIpc) is 3.37. The predicted molar refractivity (Wildman–Crippen MR) is 117 cm³/mol. The number of para-hydroxylation sites is 1. The van der Waals surface area contributed by atoms with Crippen LogP contribution in [-0.4, -0.2) is 55.5 Å². The van der Waals surface area contributed by atoms with Crippen LogP contribution in [0, 0.1) is 0 Å². The van der Waals surface area contributed by atoms with Crippen molar-refractivity contribution in [3.8, 4) is 0 Å². The van der Waals surface area contributed by atoms with E-state index in [1.165, 1.54) is 5.56 Å². The summed E-state index contributed by atoms with van der Waals surface area (Å²) in [6.45, 7) is 6.18. The molecule has 0 fully saturated rings. The minimum Gasteiger partial charge on any atom is -0.375 e. The highest BCUT2D eigenvalue weighted by atomic mass is 32.1. The first-order chi connectivity index (χ1) is 14.0. The molecule has 1 aromatic carbocycles. The molecular weight excluding hydrogens is 386 g/mol. The van der Waals surface area contributed by atoms with Crippen molar-refractivity contribution < 1.29 is 9.53 Å². The summed E-state index contributed by atoms with van der Waals surface area (Å²) in [5.41, 5.74) is 3.19. The molecule has 29 heavy (non-hydrogen) atoms. The van der Waals surface area contributed by atoms with Crippen molar-refractivity contribution in [3.05, 3.63) is 45.9 Å². The number of anilines is 1. The van der Waals surface area contributed by atoms with Gasteiger partial charge in [0.2, 0.25) is 5.91 Å². The summed E-state index contributed by atoms with van der Waals surface area (Å²) in [4.78, 5) is 25.8. The van der Waals surface area contributed by atoms with E-state index in [4.69, 9.17) is 4.74 Å². The molecule has 0 bridgehead atoms. The van der Waals surface area contributed by atoms with Crippen LogP contribution in [0.2, 0.25) is 0 Å². The van der Waals surface area contributed by atoms with E-state index in [0.717, 1.165) is 35.9 Å². The highest BCUT2D eigenvalue weighted by Gasteiger charge is 2.24. The number of guanidine groups is 1. The zero-order valence-electron chi connectivity index (χ0n) is 17.5. The fraction of sp³-hybridized carbons (Fsp3) is 0.476. The number of ether oxygens (including phenoxy) is 1. The second-order valence-corrected chi connectivity index (χ2v) is 7.90. The zero-order chi connectivity index (χ0) is 20.8. The van der Waals surface area contributed by atoms with E-state index in [1.54, 1.807) is 18.4 Å². The predicted octanol–water partition coefficient (Wildman–Crippen LogP) is 2.84. The molecule has 1 aliphatic rings. The van der Waals surface area contributed by atoms with Gasteiger partial charge in [-0.3, -0.25) is 4.79 Å². The number of hydrogen-bond acceptors (Lipinski definition) is 5. The first-order valence-electron chi connectivity index (χ1n) is 9.88. The van der Waals surface area contributed by atoms with Crippen LogP contribution in [0.15, 0.2) is 34.6 Å². The van der Waals surface area contributed by atoms with Crippen molar-refractivity contribution in [2.75, 3.05) is 38.7 Å². The van der Waals surface area contributed by atoms with Crippen LogP contribution in [0.3, 0.4) is 0 Å². The number of fused-ring (bicyclic) bond motifs is 1. The lowest BCUT2D eigenvalue weighted by atomic mass is 10.2. The normalized spacial score (nSPS) is 14.6. The van der Waals surface area contributed by atoms with E-state index in [1.807, 2.05) is 54.3 Å². The van der Waals surface area contributed by atoms with E-state index in [0.29, 0.717) is 12.5 Å². The van der Waals surface area contributed by atoms with E-state index in [2.05, 4.69) is 21.4 Å². The minimum atomic E-state index is -0.0121. The maximum absolute atomic E-state index is 12.8. The molecule has 2 heterocycles. The van der Waals surface area contributed by atoms with Crippen molar-refractivity contribution in [3.63, 3.8) is 0 Å². The standard InChI is InChI=1S/C21H29N5O2S/c1-5-22-21(25(3)13-17-14-29-20(24-17)15(2)28-4)23-12-19(27)26-11-10-16-8-6-7-9-18(16)26/h6-9,14-15H,5,10-13H2,1-4H3,(H,22,23). The highest BCUT2D eigenvalue weighted by Crippen LogP contribution is 2.27. The number of aliphatic imine (C=N–C) groups is 1. The number of carbonyl (C=O) groups excluding carboxylic acids is 1. The third kappa shape index (κ3) is 5.13. The Morgan fingerprint density at radius 1 is 1.45 bits per heavy atom. The Bertz CT molecular complexity index is 866. The van der Waals surface area contributed by atoms with Gasteiger partial charge in [0.05, 0.1) is 12.2 Å². The first-order valence-corrected chi connectivity index (χ1v) is 10.8. The fourth-order valence-electron chi connectivity index (χ4n) is 3.30. The van der Waals surface area contributed by atoms with Gasteiger partial charge in [0, 0.05) is 38.3 Å². The van der Waals surface area contributed by atoms with E-state index in [-0.39, 0.29) is 18.6 Å². The maximum Gasteiger partial charge on any atom is 0.248 e. The number of aromatic nitrogens is 1. The van der Waals surface area contributed by atoms with Gasteiger partial charge in [0.25, 0.3) is 0 Å². The Balaban J connectivity index is 1.64. The summed E-state index contributed by atoms with van der Waals surface area (Å²) in [6.07, 6.45) is 0.888. The average molecular weight is 416 g/mol. The molecule has 0 radical (unpaired) electrons. The Hall–Kier alpha value is -2.45. The number of amides is 1. The molecule has 156 valence electrons. The molecule has 0 saturated heterocycles. The SMILES string of the molecule is CCNC(=NCC(=O)N1CCc2ccccc21)N(C)Cc1csc(C(C)OC)n1. The van der Waals surface area contributed by atoms with Crippen molar-refractivity contribution >= 4 is 28.9 Å². The number of methoxy groups -OCH3 is 1. The summed E-state index contributed by atoms with van der Waals surface area (Å²) in [6, 6.07) is 8.07. The highest BCUT2D eigenvalue weighted by molar-refractivity contribution is 7.09. The van der Waals surface area contributed by atoms with Gasteiger partial charge in [-0.1, -0.05) is 18.2 Å². The van der Waals surface area contributed by atoms with Crippen LogP contribution in [-0.2, 0) is 22.5 Å². The second kappa shape index (κ2) is 9.84. The third-order valence-electron chi connectivity index (χ3n) is 4.92. The summed E-state index contributed by atoms with van der Waals surface area (Å²) >= 11 is 1.59. The molecule has 1 atom stereocenters. The van der Waals surface area contributed by atoms with Gasteiger partial charge in [-0.2, -0.15) is 0 Å². The summed E-state index contributed by atoms with van der Waals surface area (Å²) in [5.74, 6) is 0.714. The van der Waals surface area contributed by atoms with Crippen LogP contribution in [0.5, 0.6) is 0 Å². The number of benzene rings is 1. The van der Waals surface area contributed by atoms with Crippen molar-refractivity contribution in [2.45, 2.75) is 32.9 Å². The Morgan fingerprint density at radius 2 is 2.24 bits per heavy atom. The number of nitrogens with one attached hydrogen (secondary N) is 1. The topological polar surface area (TPSA) is 70.1 Å². The maximum atomic E-state index is 12.8. The van der Waals surface area contributed by atoms with E-state index < -0.39 is 0 Å². The summed E-state index contributed by atoms with van der Waals surface area (Å²) in [5, 5.41) is 6.26. The van der Waals surface area contributed by atoms with Gasteiger partial charge in [-0.15, -0.1) is 11.3 Å². The molecule has 1 aliphatic heterocycles. The van der Waals surface area contributed by atoms with E-state index in [9.17, 15) is 4.79 Å². The first kappa shape index (κ1) is 21.3. The molecule has 1 unspecified atom stereocenters. The lowest BCUT2D eigenvalue weighted by Crippen LogP contribution is -2.40. The lowest BCUT2D eigenvalue weighted by molar-refractivity contribution is -0.117. The zero-order valence-corrected chi connectivity index (χ0v) is 18.3.